The summed E-state index contributed by atoms with van der Waals surface area (Å²) < 4.78 is 16.7. The molecule has 0 radical (unpaired) electrons. The molecule has 1 heterocycles. The van der Waals surface area contributed by atoms with E-state index < -0.39 is 23.6 Å². The Balaban J connectivity index is 2.24. The number of nitrogens with zero attached hydrogens (tertiary/aromatic N) is 1. The second kappa shape index (κ2) is 8.72. The van der Waals surface area contributed by atoms with Crippen LogP contribution in [0, 0.1) is 23.0 Å². The van der Waals surface area contributed by atoms with E-state index in [1.165, 1.54) is 20.1 Å². The molecule has 0 bridgehead atoms. The normalized spacial score (nSPS) is 14.0. The number of phenolic OH excluding ortho intramolecular Hbond substituents is 1. The topological polar surface area (TPSA) is 128 Å². The highest BCUT2D eigenvalue weighted by molar-refractivity contribution is 9.10. The minimum absolute atomic E-state index is 0.0244. The van der Waals surface area contributed by atoms with Gasteiger partial charge in [0.1, 0.15) is 29.2 Å². The van der Waals surface area contributed by atoms with Crippen molar-refractivity contribution in [3.8, 4) is 23.0 Å². The van der Waals surface area contributed by atoms with Gasteiger partial charge in [0.25, 0.3) is 5.69 Å². The minimum atomic E-state index is -0.892. The standard InChI is InChI=1S/C21H22BrNO8/c1-9(2)7-13(24)11-5-6-14-15(19(11)29-4)21(26)30-8-12-17(23(27)28)10(3)16(22)18(25)20(12)31-14/h5-6,9,13,24-25H,7-8H2,1-4H3. The second-order valence-electron chi connectivity index (χ2n) is 7.59. The number of esters is 1. The van der Waals surface area contributed by atoms with E-state index in [0.717, 1.165) is 0 Å². The Morgan fingerprint density at radius 3 is 2.61 bits per heavy atom. The molecule has 31 heavy (non-hydrogen) atoms. The second-order valence-corrected chi connectivity index (χ2v) is 8.38. The number of methoxy groups -OCH3 is 1. The van der Waals surface area contributed by atoms with Gasteiger partial charge < -0.3 is 24.4 Å². The molecule has 1 atom stereocenters. The predicted octanol–water partition coefficient (Wildman–Crippen LogP) is 4.92. The maximum absolute atomic E-state index is 12.9. The Morgan fingerprint density at radius 1 is 1.35 bits per heavy atom. The average molecular weight is 496 g/mol. The number of aliphatic hydroxyl groups is 1. The van der Waals surface area contributed by atoms with Crippen molar-refractivity contribution in [2.24, 2.45) is 5.92 Å². The SMILES string of the molecule is COc1c(C(O)CC(C)C)ccc2c1C(=O)OCc1c(c(O)c(Br)c(C)c1[N+](=O)[O-])O2. The number of hydrogen-bond donors (Lipinski definition) is 2. The van der Waals surface area contributed by atoms with E-state index in [-0.39, 0.29) is 55.8 Å². The fourth-order valence-electron chi connectivity index (χ4n) is 3.58. The van der Waals surface area contributed by atoms with E-state index in [4.69, 9.17) is 14.2 Å². The van der Waals surface area contributed by atoms with Gasteiger partial charge in [-0.15, -0.1) is 0 Å². The third-order valence-corrected chi connectivity index (χ3v) is 5.99. The number of benzene rings is 2. The predicted molar refractivity (Wildman–Crippen MR) is 114 cm³/mol. The van der Waals surface area contributed by atoms with Crippen LogP contribution in [0.2, 0.25) is 0 Å². The number of nitro benzene ring substituents is 1. The zero-order valence-electron chi connectivity index (χ0n) is 17.4. The Morgan fingerprint density at radius 2 is 2.03 bits per heavy atom. The van der Waals surface area contributed by atoms with Gasteiger partial charge in [0.2, 0.25) is 0 Å². The molecule has 0 saturated carbocycles. The number of rotatable bonds is 5. The van der Waals surface area contributed by atoms with Crippen molar-refractivity contribution < 1.29 is 34.1 Å². The molecule has 2 aromatic rings. The minimum Gasteiger partial charge on any atom is -0.503 e. The van der Waals surface area contributed by atoms with Crippen LogP contribution < -0.4 is 9.47 Å². The number of fused-ring (bicyclic) bond motifs is 2. The van der Waals surface area contributed by atoms with Crippen molar-refractivity contribution in [1.82, 2.24) is 0 Å². The molecule has 2 aromatic carbocycles. The number of carbonyl (C=O) groups is 1. The van der Waals surface area contributed by atoms with Crippen molar-refractivity contribution >= 4 is 27.6 Å². The van der Waals surface area contributed by atoms with Crippen LogP contribution in [-0.2, 0) is 11.3 Å². The lowest BCUT2D eigenvalue weighted by molar-refractivity contribution is -0.386. The van der Waals surface area contributed by atoms with Crippen LogP contribution in [0.5, 0.6) is 23.0 Å². The Bertz CT molecular complexity index is 1070. The van der Waals surface area contributed by atoms with Crippen molar-refractivity contribution in [1.29, 1.82) is 0 Å². The molecule has 9 nitrogen and oxygen atoms in total. The number of hydrogen-bond acceptors (Lipinski definition) is 8. The van der Waals surface area contributed by atoms with Crippen LogP contribution in [0.3, 0.4) is 0 Å². The number of halogens is 1. The smallest absolute Gasteiger partial charge is 0.346 e. The van der Waals surface area contributed by atoms with Gasteiger partial charge in [-0.3, -0.25) is 10.1 Å². The number of ether oxygens (including phenoxy) is 3. The fraction of sp³-hybridized carbons (Fsp3) is 0.381. The Kier molecular flexibility index (Phi) is 6.42. The summed E-state index contributed by atoms with van der Waals surface area (Å²) in [6.45, 7) is 4.87. The first-order valence-electron chi connectivity index (χ1n) is 9.50. The molecule has 1 aliphatic rings. The zero-order valence-corrected chi connectivity index (χ0v) is 19.0. The lowest BCUT2D eigenvalue weighted by Crippen LogP contribution is -2.16. The van der Waals surface area contributed by atoms with E-state index in [2.05, 4.69) is 15.9 Å². The summed E-state index contributed by atoms with van der Waals surface area (Å²) in [6.07, 6.45) is -0.454. The van der Waals surface area contributed by atoms with Crippen molar-refractivity contribution in [2.75, 3.05) is 7.11 Å². The highest BCUT2D eigenvalue weighted by Gasteiger charge is 2.35. The van der Waals surface area contributed by atoms with E-state index >= 15 is 0 Å². The van der Waals surface area contributed by atoms with Gasteiger partial charge in [0.15, 0.2) is 11.5 Å². The number of aromatic hydroxyl groups is 1. The van der Waals surface area contributed by atoms with Crippen LogP contribution in [0.25, 0.3) is 0 Å². The highest BCUT2D eigenvalue weighted by atomic mass is 79.9. The van der Waals surface area contributed by atoms with Crippen LogP contribution in [0.15, 0.2) is 16.6 Å². The highest BCUT2D eigenvalue weighted by Crippen LogP contribution is 2.50. The molecule has 0 aliphatic carbocycles. The molecule has 1 unspecified atom stereocenters. The lowest BCUT2D eigenvalue weighted by Gasteiger charge is -2.24. The monoisotopic (exact) mass is 495 g/mol. The molecule has 0 aromatic heterocycles. The lowest BCUT2D eigenvalue weighted by atomic mass is 9.96. The summed E-state index contributed by atoms with van der Waals surface area (Å²) in [5, 5.41) is 32.8. The van der Waals surface area contributed by atoms with E-state index in [1.54, 1.807) is 6.07 Å². The maximum atomic E-state index is 12.9. The van der Waals surface area contributed by atoms with Gasteiger partial charge in [0, 0.05) is 11.1 Å². The van der Waals surface area contributed by atoms with Gasteiger partial charge in [-0.05, 0) is 47.3 Å². The third kappa shape index (κ3) is 4.05. The Hall–Kier alpha value is -2.85. The third-order valence-electron chi connectivity index (χ3n) is 5.02. The van der Waals surface area contributed by atoms with Crippen molar-refractivity contribution in [3.63, 3.8) is 0 Å². The average Bonchev–Trinajstić information content (AvgIpc) is 2.69. The summed E-state index contributed by atoms with van der Waals surface area (Å²) >= 11 is 3.16. The first kappa shape index (κ1) is 22.8. The van der Waals surface area contributed by atoms with E-state index in [9.17, 15) is 25.1 Å². The quantitative estimate of drug-likeness (QED) is 0.339. The van der Waals surface area contributed by atoms with Crippen LogP contribution in [-0.4, -0.2) is 28.2 Å². The molecular weight excluding hydrogens is 474 g/mol. The number of carbonyl (C=O) groups excluding carboxylic acids is 1. The number of aliphatic hydroxyl groups excluding tert-OH is 1. The van der Waals surface area contributed by atoms with Crippen LogP contribution >= 0.6 is 15.9 Å². The molecular formula is C21H22BrNO8. The molecule has 2 N–H and O–H groups in total. The number of phenols is 1. The van der Waals surface area contributed by atoms with Crippen LogP contribution in [0.1, 0.15) is 53.4 Å². The summed E-state index contributed by atoms with van der Waals surface area (Å²) in [5.41, 5.74) is 0.0900. The first-order valence-corrected chi connectivity index (χ1v) is 10.3. The molecule has 3 rings (SSSR count). The number of cyclic esters (lactones) is 1. The van der Waals surface area contributed by atoms with Crippen molar-refractivity contribution in [2.45, 2.75) is 39.9 Å². The maximum Gasteiger partial charge on any atom is 0.346 e. The van der Waals surface area contributed by atoms with E-state index in [1.807, 2.05) is 13.8 Å². The van der Waals surface area contributed by atoms with Crippen molar-refractivity contribution in [3.05, 3.63) is 49.0 Å². The largest absolute Gasteiger partial charge is 0.503 e. The van der Waals surface area contributed by atoms with Gasteiger partial charge in [0.05, 0.1) is 22.6 Å². The zero-order chi connectivity index (χ0) is 23.0. The van der Waals surface area contributed by atoms with Gasteiger partial charge in [-0.1, -0.05) is 13.8 Å². The fourth-order valence-corrected chi connectivity index (χ4v) is 3.95. The van der Waals surface area contributed by atoms with Gasteiger partial charge in [-0.25, -0.2) is 4.79 Å². The summed E-state index contributed by atoms with van der Waals surface area (Å²) in [4.78, 5) is 23.9. The first-order chi connectivity index (χ1) is 14.6. The molecule has 0 fully saturated rings. The molecule has 0 saturated heterocycles. The molecule has 10 heteroatoms. The van der Waals surface area contributed by atoms with Gasteiger partial charge >= 0.3 is 5.97 Å². The molecule has 166 valence electrons. The summed E-state index contributed by atoms with van der Waals surface area (Å²) in [7, 11) is 1.35. The van der Waals surface area contributed by atoms with E-state index in [0.29, 0.717) is 12.0 Å². The molecule has 0 spiro atoms. The van der Waals surface area contributed by atoms with Crippen LogP contribution in [0.4, 0.5) is 5.69 Å². The molecule has 1 aliphatic heterocycles. The number of nitro groups is 1. The summed E-state index contributed by atoms with van der Waals surface area (Å²) in [6, 6.07) is 2.99. The molecule has 0 amide bonds. The van der Waals surface area contributed by atoms with Gasteiger partial charge in [-0.2, -0.15) is 0 Å². The Labute approximate surface area is 186 Å². The summed E-state index contributed by atoms with van der Waals surface area (Å²) in [5.74, 6) is -1.14.